The van der Waals surface area contributed by atoms with Gasteiger partial charge in [0.05, 0.1) is 37.2 Å². The van der Waals surface area contributed by atoms with E-state index in [0.717, 1.165) is 29.5 Å². The molecule has 0 radical (unpaired) electrons. The van der Waals surface area contributed by atoms with Gasteiger partial charge in [-0.05, 0) is 44.5 Å². The number of hydrogen-bond donors (Lipinski definition) is 1. The lowest BCUT2D eigenvalue weighted by atomic mass is 10.2. The number of pyridine rings is 1. The maximum atomic E-state index is 6.01. The quantitative estimate of drug-likeness (QED) is 0.269. The molecule has 9 nitrogen and oxygen atoms in total. The Hall–Kier alpha value is -3.82. The molecule has 1 N–H and O–H groups in total. The van der Waals surface area contributed by atoms with Crippen molar-refractivity contribution in [2.24, 2.45) is 9.98 Å². The van der Waals surface area contributed by atoms with Gasteiger partial charge in [0, 0.05) is 31.5 Å². The highest BCUT2D eigenvalue weighted by atomic mass is 16.5. The molecule has 1 fully saturated rings. The van der Waals surface area contributed by atoms with Gasteiger partial charge in [0.1, 0.15) is 11.6 Å². The number of aliphatic imine (C=N–C) groups is 2. The van der Waals surface area contributed by atoms with E-state index < -0.39 is 0 Å². The second-order valence-corrected chi connectivity index (χ2v) is 7.51. The smallest absolute Gasteiger partial charge is 0.225 e. The van der Waals surface area contributed by atoms with Crippen LogP contribution in [0.25, 0.3) is 5.69 Å². The summed E-state index contributed by atoms with van der Waals surface area (Å²) in [5, 5.41) is 7.86. The summed E-state index contributed by atoms with van der Waals surface area (Å²) in [5.74, 6) is 2.59. The Balaban J connectivity index is 1.60. The van der Waals surface area contributed by atoms with Crippen molar-refractivity contribution in [3.8, 4) is 11.4 Å². The molecular formula is C25H29N7O2. The van der Waals surface area contributed by atoms with E-state index in [1.54, 1.807) is 12.4 Å². The minimum atomic E-state index is 0.424. The Labute approximate surface area is 199 Å². The molecular weight excluding hydrogens is 430 g/mol. The molecule has 0 saturated carbocycles. The first-order valence-electron chi connectivity index (χ1n) is 11.2. The molecule has 3 aromatic rings. The van der Waals surface area contributed by atoms with E-state index in [2.05, 4.69) is 26.9 Å². The summed E-state index contributed by atoms with van der Waals surface area (Å²) in [6.07, 6.45) is 5.99. The SMILES string of the molecule is C=N/C(Oc1cccnc1)=C1/CCN(c2ccn(-c3ccccc3)n2)C1=NCCOCCNC. The van der Waals surface area contributed by atoms with Gasteiger partial charge in [0.15, 0.2) is 5.82 Å². The summed E-state index contributed by atoms with van der Waals surface area (Å²) in [6.45, 7) is 6.90. The van der Waals surface area contributed by atoms with E-state index in [-0.39, 0.29) is 0 Å². The number of para-hydroxylation sites is 1. The molecule has 9 heteroatoms. The molecule has 1 aromatic carbocycles. The van der Waals surface area contributed by atoms with Crippen molar-refractivity contribution < 1.29 is 9.47 Å². The fourth-order valence-electron chi connectivity index (χ4n) is 3.59. The highest BCUT2D eigenvalue weighted by Gasteiger charge is 2.30. The fourth-order valence-corrected chi connectivity index (χ4v) is 3.59. The topological polar surface area (TPSA) is 89.2 Å². The molecule has 0 aliphatic carbocycles. The minimum absolute atomic E-state index is 0.424. The zero-order valence-electron chi connectivity index (χ0n) is 19.3. The third-order valence-corrected chi connectivity index (χ3v) is 5.23. The highest BCUT2D eigenvalue weighted by Crippen LogP contribution is 2.29. The first kappa shape index (κ1) is 23.3. The predicted molar refractivity (Wildman–Crippen MR) is 134 cm³/mol. The Bertz CT molecular complexity index is 1130. The summed E-state index contributed by atoms with van der Waals surface area (Å²) in [7, 11) is 1.90. The molecule has 1 saturated heterocycles. The van der Waals surface area contributed by atoms with E-state index in [9.17, 15) is 0 Å². The van der Waals surface area contributed by atoms with Crippen molar-refractivity contribution in [3.05, 3.63) is 78.6 Å². The summed E-state index contributed by atoms with van der Waals surface area (Å²) in [4.78, 5) is 15.2. The first-order chi connectivity index (χ1) is 16.8. The Morgan fingerprint density at radius 2 is 2.03 bits per heavy atom. The van der Waals surface area contributed by atoms with E-state index in [1.807, 2.05) is 66.5 Å². The van der Waals surface area contributed by atoms with Crippen LogP contribution in [0, 0.1) is 0 Å². The number of nitrogens with zero attached hydrogens (tertiary/aromatic N) is 6. The first-order valence-corrected chi connectivity index (χ1v) is 11.2. The number of ether oxygens (including phenoxy) is 2. The lowest BCUT2D eigenvalue weighted by Gasteiger charge is -2.17. The molecule has 0 atom stereocenters. The molecule has 1 aliphatic heterocycles. The van der Waals surface area contributed by atoms with E-state index in [0.29, 0.717) is 44.4 Å². The van der Waals surface area contributed by atoms with Gasteiger partial charge in [0.2, 0.25) is 5.88 Å². The molecule has 0 spiro atoms. The number of nitrogens with one attached hydrogen (secondary N) is 1. The highest BCUT2D eigenvalue weighted by molar-refractivity contribution is 6.11. The van der Waals surface area contributed by atoms with Crippen molar-refractivity contribution in [2.45, 2.75) is 6.42 Å². The summed E-state index contributed by atoms with van der Waals surface area (Å²) in [5.41, 5.74) is 1.87. The van der Waals surface area contributed by atoms with Crippen LogP contribution >= 0.6 is 0 Å². The lowest BCUT2D eigenvalue weighted by molar-refractivity contribution is 0.145. The van der Waals surface area contributed by atoms with Crippen LogP contribution in [0.1, 0.15) is 6.42 Å². The van der Waals surface area contributed by atoms with Crippen LogP contribution in [-0.2, 0) is 4.74 Å². The van der Waals surface area contributed by atoms with Crippen LogP contribution in [0.4, 0.5) is 5.82 Å². The van der Waals surface area contributed by atoms with Crippen molar-refractivity contribution in [1.29, 1.82) is 0 Å². The predicted octanol–water partition coefficient (Wildman–Crippen LogP) is 3.10. The third-order valence-electron chi connectivity index (χ3n) is 5.23. The van der Waals surface area contributed by atoms with E-state index >= 15 is 0 Å². The zero-order valence-corrected chi connectivity index (χ0v) is 19.3. The van der Waals surface area contributed by atoms with Gasteiger partial charge in [-0.3, -0.25) is 9.98 Å². The molecule has 0 bridgehead atoms. The number of anilines is 1. The number of benzene rings is 1. The number of aromatic nitrogens is 3. The van der Waals surface area contributed by atoms with Crippen molar-refractivity contribution in [3.63, 3.8) is 0 Å². The van der Waals surface area contributed by atoms with Crippen LogP contribution < -0.4 is 15.0 Å². The van der Waals surface area contributed by atoms with Crippen molar-refractivity contribution in [1.82, 2.24) is 20.1 Å². The van der Waals surface area contributed by atoms with Gasteiger partial charge in [-0.1, -0.05) is 18.2 Å². The molecule has 3 heterocycles. The number of likely N-dealkylation sites (N-methyl/N-ethyl adjacent to an activating group) is 1. The average Bonchev–Trinajstić information content (AvgIpc) is 3.53. The second kappa shape index (κ2) is 11.9. The normalized spacial score (nSPS) is 16.1. The number of rotatable bonds is 11. The van der Waals surface area contributed by atoms with E-state index in [1.165, 1.54) is 0 Å². The fraction of sp³-hybridized carbons (Fsp3) is 0.280. The Kier molecular flexibility index (Phi) is 8.15. The zero-order chi connectivity index (χ0) is 23.6. The van der Waals surface area contributed by atoms with Gasteiger partial charge < -0.3 is 19.7 Å². The van der Waals surface area contributed by atoms with Crippen LogP contribution in [0.15, 0.2) is 88.6 Å². The van der Waals surface area contributed by atoms with Crippen molar-refractivity contribution in [2.75, 3.05) is 44.8 Å². The molecule has 176 valence electrons. The van der Waals surface area contributed by atoms with E-state index in [4.69, 9.17) is 19.6 Å². The molecule has 34 heavy (non-hydrogen) atoms. The monoisotopic (exact) mass is 459 g/mol. The molecule has 0 unspecified atom stereocenters. The Morgan fingerprint density at radius 1 is 1.15 bits per heavy atom. The number of amidine groups is 1. The summed E-state index contributed by atoms with van der Waals surface area (Å²) in [6, 6.07) is 15.6. The minimum Gasteiger partial charge on any atom is -0.437 e. The Morgan fingerprint density at radius 3 is 2.79 bits per heavy atom. The summed E-state index contributed by atoms with van der Waals surface area (Å²) >= 11 is 0. The maximum Gasteiger partial charge on any atom is 0.225 e. The third kappa shape index (κ3) is 5.75. The molecule has 2 aromatic heterocycles. The van der Waals surface area contributed by atoms with Gasteiger partial charge in [-0.15, -0.1) is 5.10 Å². The maximum absolute atomic E-state index is 6.01. The number of hydrogen-bond acceptors (Lipinski definition) is 7. The average molecular weight is 460 g/mol. The molecule has 1 aliphatic rings. The van der Waals surface area contributed by atoms with Crippen LogP contribution in [-0.4, -0.2) is 67.2 Å². The summed E-state index contributed by atoms with van der Waals surface area (Å²) < 4.78 is 13.5. The van der Waals surface area contributed by atoms with Crippen LogP contribution in [0.5, 0.6) is 5.75 Å². The molecule has 4 rings (SSSR count). The van der Waals surface area contributed by atoms with Crippen molar-refractivity contribution >= 4 is 18.4 Å². The van der Waals surface area contributed by atoms with Gasteiger partial charge >= 0.3 is 0 Å². The van der Waals surface area contributed by atoms with Gasteiger partial charge in [-0.25, -0.2) is 9.67 Å². The lowest BCUT2D eigenvalue weighted by Crippen LogP contribution is -2.27. The van der Waals surface area contributed by atoms with Crippen LogP contribution in [0.3, 0.4) is 0 Å². The second-order valence-electron chi connectivity index (χ2n) is 7.51. The van der Waals surface area contributed by atoms with Crippen LogP contribution in [0.2, 0.25) is 0 Å². The largest absolute Gasteiger partial charge is 0.437 e. The standard InChI is InChI=1S/C25H29N7O2/c1-26-13-17-33-18-14-29-24-22(25(27-2)34-21-9-6-12-28-19-21)10-15-31(24)23-11-16-32(30-23)20-7-4-3-5-8-20/h3-9,11-12,16,19,26H,2,10,13-15,17-18H2,1H3/b25-22+,29-24?. The molecule has 0 amide bonds. The van der Waals surface area contributed by atoms with Gasteiger partial charge in [-0.2, -0.15) is 0 Å². The van der Waals surface area contributed by atoms with Gasteiger partial charge in [0.25, 0.3) is 0 Å².